The van der Waals surface area contributed by atoms with E-state index in [0.29, 0.717) is 0 Å². The fourth-order valence-corrected chi connectivity index (χ4v) is 2.81. The van der Waals surface area contributed by atoms with E-state index in [1.165, 1.54) is 17.0 Å². The summed E-state index contributed by atoms with van der Waals surface area (Å²) < 4.78 is 36.5. The van der Waals surface area contributed by atoms with Crippen LogP contribution in [0.2, 0.25) is 5.02 Å². The van der Waals surface area contributed by atoms with Gasteiger partial charge in [0.1, 0.15) is 5.82 Å². The Bertz CT molecular complexity index is 630. The van der Waals surface area contributed by atoms with E-state index in [9.17, 15) is 17.6 Å². The lowest BCUT2D eigenvalue weighted by Gasteiger charge is -2.33. The van der Waals surface area contributed by atoms with Gasteiger partial charge >= 0.3 is 0 Å². The van der Waals surface area contributed by atoms with Crippen molar-refractivity contribution in [3.63, 3.8) is 0 Å². The summed E-state index contributed by atoms with van der Waals surface area (Å²) >= 11 is 5.63. The molecule has 1 aromatic rings. The van der Waals surface area contributed by atoms with Crippen LogP contribution in [0.25, 0.3) is 0 Å². The predicted molar refractivity (Wildman–Crippen MR) is 72.0 cm³/mol. The number of benzene rings is 1. The molecule has 1 aliphatic rings. The first kappa shape index (κ1) is 15.2. The molecule has 1 amide bonds. The Balaban J connectivity index is 2.07. The number of piperazine rings is 1. The molecule has 1 aromatic carbocycles. The first-order chi connectivity index (χ1) is 9.29. The van der Waals surface area contributed by atoms with Crippen molar-refractivity contribution in [2.45, 2.75) is 0 Å². The number of halogens is 2. The number of nitrogens with two attached hydrogens (primary N) is 1. The van der Waals surface area contributed by atoms with Crippen molar-refractivity contribution < 1.29 is 17.6 Å². The van der Waals surface area contributed by atoms with Gasteiger partial charge < -0.3 is 4.90 Å². The highest BCUT2D eigenvalue weighted by Gasteiger charge is 2.27. The highest BCUT2D eigenvalue weighted by molar-refractivity contribution is 7.86. The number of hydrogen-bond donors (Lipinski definition) is 1. The lowest BCUT2D eigenvalue weighted by atomic mass is 10.2. The molecule has 20 heavy (non-hydrogen) atoms. The van der Waals surface area contributed by atoms with Gasteiger partial charge in [0.05, 0.1) is 5.02 Å². The summed E-state index contributed by atoms with van der Waals surface area (Å²) in [6.07, 6.45) is 0. The second kappa shape index (κ2) is 5.65. The van der Waals surface area contributed by atoms with Gasteiger partial charge in [-0.15, -0.1) is 0 Å². The van der Waals surface area contributed by atoms with Crippen LogP contribution in [0.3, 0.4) is 0 Å². The molecule has 6 nitrogen and oxygen atoms in total. The number of carbonyl (C=O) groups excluding carboxylic acids is 1. The van der Waals surface area contributed by atoms with Crippen LogP contribution >= 0.6 is 11.6 Å². The molecule has 0 atom stereocenters. The van der Waals surface area contributed by atoms with Gasteiger partial charge in [-0.3, -0.25) is 4.79 Å². The molecule has 2 rings (SSSR count). The number of rotatable bonds is 2. The molecule has 0 aliphatic carbocycles. The molecule has 0 unspecified atom stereocenters. The third-order valence-corrected chi connectivity index (χ3v) is 4.43. The van der Waals surface area contributed by atoms with E-state index in [-0.39, 0.29) is 42.7 Å². The maximum atomic E-state index is 13.0. The Morgan fingerprint density at radius 2 is 1.85 bits per heavy atom. The van der Waals surface area contributed by atoms with Crippen molar-refractivity contribution in [3.05, 3.63) is 34.6 Å². The topological polar surface area (TPSA) is 83.7 Å². The maximum Gasteiger partial charge on any atom is 0.277 e. The van der Waals surface area contributed by atoms with Crippen LogP contribution in [0.5, 0.6) is 0 Å². The zero-order valence-corrected chi connectivity index (χ0v) is 12.0. The normalized spacial score (nSPS) is 17.2. The molecule has 1 fully saturated rings. The molecule has 1 saturated heterocycles. The van der Waals surface area contributed by atoms with Gasteiger partial charge in [0, 0.05) is 31.7 Å². The SMILES string of the molecule is NS(=O)(=O)N1CCN(C(=O)c2ccc(F)c(Cl)c2)CC1. The van der Waals surface area contributed by atoms with Crippen LogP contribution in [0.15, 0.2) is 18.2 Å². The average Bonchev–Trinajstić information content (AvgIpc) is 2.40. The number of amides is 1. The van der Waals surface area contributed by atoms with Crippen LogP contribution in [0.4, 0.5) is 4.39 Å². The van der Waals surface area contributed by atoms with Gasteiger partial charge in [0.2, 0.25) is 0 Å². The Kier molecular flexibility index (Phi) is 4.28. The summed E-state index contributed by atoms with van der Waals surface area (Å²) in [6.45, 7) is 0.730. The Hall–Kier alpha value is -1.22. The highest BCUT2D eigenvalue weighted by Crippen LogP contribution is 2.18. The quantitative estimate of drug-likeness (QED) is 0.858. The maximum absolute atomic E-state index is 13.0. The molecule has 110 valence electrons. The average molecular weight is 322 g/mol. The number of nitrogens with zero attached hydrogens (tertiary/aromatic N) is 2. The van der Waals surface area contributed by atoms with Crippen molar-refractivity contribution in [2.75, 3.05) is 26.2 Å². The van der Waals surface area contributed by atoms with Gasteiger partial charge in [0.15, 0.2) is 0 Å². The Morgan fingerprint density at radius 3 is 2.35 bits per heavy atom. The van der Waals surface area contributed by atoms with Crippen molar-refractivity contribution in [1.29, 1.82) is 0 Å². The summed E-state index contributed by atoms with van der Waals surface area (Å²) in [5.41, 5.74) is 0.264. The zero-order chi connectivity index (χ0) is 14.9. The summed E-state index contributed by atoms with van der Waals surface area (Å²) in [6, 6.07) is 3.72. The Labute approximate surface area is 121 Å². The van der Waals surface area contributed by atoms with Crippen LogP contribution in [-0.2, 0) is 10.2 Å². The molecule has 0 saturated carbocycles. The minimum absolute atomic E-state index is 0.126. The van der Waals surface area contributed by atoms with Gasteiger partial charge in [-0.05, 0) is 18.2 Å². The Morgan fingerprint density at radius 1 is 1.25 bits per heavy atom. The smallest absolute Gasteiger partial charge is 0.277 e. The van der Waals surface area contributed by atoms with Crippen molar-refractivity contribution in [1.82, 2.24) is 9.21 Å². The molecule has 1 aliphatic heterocycles. The highest BCUT2D eigenvalue weighted by atomic mass is 35.5. The van der Waals surface area contributed by atoms with Crippen LogP contribution in [0.1, 0.15) is 10.4 Å². The molecule has 0 spiro atoms. The van der Waals surface area contributed by atoms with E-state index < -0.39 is 16.0 Å². The molecular weight excluding hydrogens is 309 g/mol. The zero-order valence-electron chi connectivity index (χ0n) is 10.4. The predicted octanol–water partition coefficient (Wildman–Crippen LogP) is 0.440. The van der Waals surface area contributed by atoms with E-state index in [4.69, 9.17) is 16.7 Å². The van der Waals surface area contributed by atoms with Crippen molar-refractivity contribution in [2.24, 2.45) is 5.14 Å². The molecule has 9 heteroatoms. The third kappa shape index (κ3) is 3.26. The number of carbonyl (C=O) groups is 1. The minimum Gasteiger partial charge on any atom is -0.336 e. The van der Waals surface area contributed by atoms with E-state index in [0.717, 1.165) is 10.4 Å². The van der Waals surface area contributed by atoms with Crippen molar-refractivity contribution in [3.8, 4) is 0 Å². The summed E-state index contributed by atoms with van der Waals surface area (Å²) in [7, 11) is -3.73. The standard InChI is InChI=1S/C11H13ClFN3O3S/c12-9-7-8(1-2-10(9)13)11(17)15-3-5-16(6-4-15)20(14,18)19/h1-2,7H,3-6H2,(H2,14,18,19). The second-order valence-electron chi connectivity index (χ2n) is 4.37. The lowest BCUT2D eigenvalue weighted by Crippen LogP contribution is -2.52. The van der Waals surface area contributed by atoms with Gasteiger partial charge in [-0.25, -0.2) is 9.53 Å². The van der Waals surface area contributed by atoms with E-state index in [2.05, 4.69) is 0 Å². The fraction of sp³-hybridized carbons (Fsp3) is 0.364. The molecule has 0 radical (unpaired) electrons. The van der Waals surface area contributed by atoms with E-state index in [1.807, 2.05) is 0 Å². The lowest BCUT2D eigenvalue weighted by molar-refractivity contribution is 0.0698. The van der Waals surface area contributed by atoms with Crippen molar-refractivity contribution >= 4 is 27.7 Å². The van der Waals surface area contributed by atoms with Crippen LogP contribution < -0.4 is 5.14 Å². The fourth-order valence-electron chi connectivity index (χ4n) is 1.96. The molecule has 2 N–H and O–H groups in total. The van der Waals surface area contributed by atoms with Gasteiger partial charge in [0.25, 0.3) is 16.1 Å². The van der Waals surface area contributed by atoms with E-state index >= 15 is 0 Å². The largest absolute Gasteiger partial charge is 0.336 e. The monoisotopic (exact) mass is 321 g/mol. The minimum atomic E-state index is -3.73. The van der Waals surface area contributed by atoms with E-state index in [1.54, 1.807) is 0 Å². The summed E-state index contributed by atoms with van der Waals surface area (Å²) in [5.74, 6) is -0.914. The van der Waals surface area contributed by atoms with Gasteiger partial charge in [-0.2, -0.15) is 12.7 Å². The molecule has 1 heterocycles. The summed E-state index contributed by atoms with van der Waals surface area (Å²) in [4.78, 5) is 13.6. The first-order valence-electron chi connectivity index (χ1n) is 5.81. The third-order valence-electron chi connectivity index (χ3n) is 3.05. The second-order valence-corrected chi connectivity index (χ2v) is 6.32. The van der Waals surface area contributed by atoms with Gasteiger partial charge in [-0.1, -0.05) is 11.6 Å². The van der Waals surface area contributed by atoms with Crippen LogP contribution in [0, 0.1) is 5.82 Å². The number of hydrogen-bond acceptors (Lipinski definition) is 3. The molecular formula is C11H13ClFN3O3S. The summed E-state index contributed by atoms with van der Waals surface area (Å²) in [5, 5.41) is 4.89. The first-order valence-corrected chi connectivity index (χ1v) is 7.69. The van der Waals surface area contributed by atoms with Crippen LogP contribution in [-0.4, -0.2) is 49.7 Å². The molecule has 0 bridgehead atoms. The molecule has 0 aromatic heterocycles.